The van der Waals surface area contributed by atoms with E-state index in [0.717, 1.165) is 15.6 Å². The van der Waals surface area contributed by atoms with Gasteiger partial charge in [0, 0.05) is 31.4 Å². The smallest absolute Gasteiger partial charge is 0.394 e. The van der Waals surface area contributed by atoms with Gasteiger partial charge in [0.25, 0.3) is 0 Å². The molecule has 128 valence electrons. The van der Waals surface area contributed by atoms with Crippen LogP contribution in [0.15, 0.2) is 5.38 Å². The molecule has 2 rings (SSSR count). The standard InChI is InChI=1S/C13H16F3N3O3S/c1-7-18-8(6-23-7)2-3-17-12(22)19-4-9(11(20)21)10(5-19)13(14,15)16/h6,9-10H,2-5H2,1H3,(H,17,22)(H,20,21)/t9-,10-/m1/s1. The van der Waals surface area contributed by atoms with Gasteiger partial charge in [-0.05, 0) is 6.92 Å². The molecule has 0 aliphatic carbocycles. The second kappa shape index (κ2) is 6.73. The number of aliphatic carboxylic acids is 1. The number of carboxylic acid groups (broad SMARTS) is 1. The zero-order valence-corrected chi connectivity index (χ0v) is 13.1. The third-order valence-corrected chi connectivity index (χ3v) is 4.49. The van der Waals surface area contributed by atoms with Crippen molar-refractivity contribution in [2.24, 2.45) is 11.8 Å². The van der Waals surface area contributed by atoms with E-state index in [-0.39, 0.29) is 6.54 Å². The highest BCUT2D eigenvalue weighted by Crippen LogP contribution is 2.37. The van der Waals surface area contributed by atoms with E-state index in [1.807, 2.05) is 12.3 Å². The molecule has 1 fully saturated rings. The lowest BCUT2D eigenvalue weighted by molar-refractivity contribution is -0.187. The van der Waals surface area contributed by atoms with Crippen molar-refractivity contribution in [3.05, 3.63) is 16.1 Å². The molecular formula is C13H16F3N3O3S. The Kier molecular flexibility index (Phi) is 5.12. The Hall–Kier alpha value is -1.84. The Balaban J connectivity index is 1.88. The number of halogens is 3. The molecule has 10 heteroatoms. The van der Waals surface area contributed by atoms with Crippen LogP contribution in [0.3, 0.4) is 0 Å². The van der Waals surface area contributed by atoms with Crippen LogP contribution in [0.1, 0.15) is 10.7 Å². The molecule has 0 bridgehead atoms. The van der Waals surface area contributed by atoms with Crippen LogP contribution in [0.25, 0.3) is 0 Å². The molecule has 2 amide bonds. The SMILES string of the molecule is Cc1nc(CCNC(=O)N2C[C@@H](C(F)(F)F)[C@H](C(=O)O)C2)cs1. The Morgan fingerprint density at radius 3 is 2.65 bits per heavy atom. The fourth-order valence-electron chi connectivity index (χ4n) is 2.48. The highest BCUT2D eigenvalue weighted by Gasteiger charge is 2.53. The van der Waals surface area contributed by atoms with Crippen LogP contribution in [0.4, 0.5) is 18.0 Å². The number of carbonyl (C=O) groups excluding carboxylic acids is 1. The minimum Gasteiger partial charge on any atom is -0.481 e. The molecule has 0 aromatic carbocycles. The van der Waals surface area contributed by atoms with E-state index in [2.05, 4.69) is 10.3 Å². The number of thiazole rings is 1. The molecule has 1 saturated heterocycles. The van der Waals surface area contributed by atoms with Crippen molar-refractivity contribution in [3.63, 3.8) is 0 Å². The highest BCUT2D eigenvalue weighted by atomic mass is 32.1. The summed E-state index contributed by atoms with van der Waals surface area (Å²) in [6.07, 6.45) is -4.18. The van der Waals surface area contributed by atoms with E-state index in [0.29, 0.717) is 6.42 Å². The van der Waals surface area contributed by atoms with Gasteiger partial charge in [-0.15, -0.1) is 11.3 Å². The van der Waals surface area contributed by atoms with Crippen molar-refractivity contribution in [1.82, 2.24) is 15.2 Å². The second-order valence-corrected chi connectivity index (χ2v) is 6.40. The summed E-state index contributed by atoms with van der Waals surface area (Å²) in [4.78, 5) is 28.0. The third-order valence-electron chi connectivity index (χ3n) is 3.67. The number of aromatic nitrogens is 1. The van der Waals surface area contributed by atoms with Crippen molar-refractivity contribution >= 4 is 23.3 Å². The number of nitrogens with one attached hydrogen (secondary N) is 1. The second-order valence-electron chi connectivity index (χ2n) is 5.34. The van der Waals surface area contributed by atoms with Gasteiger partial charge >= 0.3 is 18.2 Å². The molecule has 1 aliphatic rings. The normalized spacial score (nSPS) is 21.5. The van der Waals surface area contributed by atoms with Crippen LogP contribution in [0, 0.1) is 18.8 Å². The average molecular weight is 351 g/mol. The number of aryl methyl sites for hydroxylation is 1. The Morgan fingerprint density at radius 2 is 2.17 bits per heavy atom. The first-order valence-corrected chi connectivity index (χ1v) is 7.79. The van der Waals surface area contributed by atoms with Crippen LogP contribution < -0.4 is 5.32 Å². The summed E-state index contributed by atoms with van der Waals surface area (Å²) in [7, 11) is 0. The number of carbonyl (C=O) groups is 2. The maximum absolute atomic E-state index is 12.9. The summed E-state index contributed by atoms with van der Waals surface area (Å²) in [6, 6.07) is -0.685. The number of hydrogen-bond donors (Lipinski definition) is 2. The number of carboxylic acids is 1. The Bertz CT molecular complexity index is 591. The first-order valence-electron chi connectivity index (χ1n) is 6.91. The van der Waals surface area contributed by atoms with Crippen LogP contribution in [-0.2, 0) is 11.2 Å². The Morgan fingerprint density at radius 1 is 1.48 bits per heavy atom. The van der Waals surface area contributed by atoms with Gasteiger partial charge < -0.3 is 15.3 Å². The molecule has 1 aromatic rings. The minimum absolute atomic E-state index is 0.229. The number of alkyl halides is 3. The lowest BCUT2D eigenvalue weighted by Crippen LogP contribution is -2.40. The van der Waals surface area contributed by atoms with E-state index >= 15 is 0 Å². The number of amides is 2. The molecule has 2 atom stereocenters. The van der Waals surface area contributed by atoms with Crippen molar-refractivity contribution < 1.29 is 27.9 Å². The quantitative estimate of drug-likeness (QED) is 0.868. The maximum atomic E-state index is 12.9. The number of likely N-dealkylation sites (tertiary alicyclic amines) is 1. The molecule has 0 spiro atoms. The van der Waals surface area contributed by atoms with Gasteiger partial charge in [-0.25, -0.2) is 9.78 Å². The fourth-order valence-corrected chi connectivity index (χ4v) is 3.13. The van der Waals surface area contributed by atoms with Gasteiger partial charge in [-0.1, -0.05) is 0 Å². The monoisotopic (exact) mass is 351 g/mol. The topological polar surface area (TPSA) is 82.5 Å². The number of rotatable bonds is 4. The van der Waals surface area contributed by atoms with Crippen molar-refractivity contribution in [2.45, 2.75) is 19.5 Å². The first-order chi connectivity index (χ1) is 10.7. The fraction of sp³-hybridized carbons (Fsp3) is 0.615. The summed E-state index contributed by atoms with van der Waals surface area (Å²) in [5.41, 5.74) is 0.797. The molecule has 6 nitrogen and oxygen atoms in total. The zero-order chi connectivity index (χ0) is 17.2. The minimum atomic E-state index is -4.64. The molecule has 1 aliphatic heterocycles. The lowest BCUT2D eigenvalue weighted by Gasteiger charge is -2.18. The number of hydrogen-bond acceptors (Lipinski definition) is 4. The molecule has 1 aromatic heterocycles. The van der Waals surface area contributed by atoms with E-state index < -0.39 is 43.1 Å². The highest BCUT2D eigenvalue weighted by molar-refractivity contribution is 7.09. The van der Waals surface area contributed by atoms with Crippen molar-refractivity contribution in [2.75, 3.05) is 19.6 Å². The van der Waals surface area contributed by atoms with Crippen LogP contribution in [0.2, 0.25) is 0 Å². The number of nitrogens with zero attached hydrogens (tertiary/aromatic N) is 2. The lowest BCUT2D eigenvalue weighted by atomic mass is 9.96. The maximum Gasteiger partial charge on any atom is 0.394 e. The molecule has 2 heterocycles. The molecule has 0 unspecified atom stereocenters. The molecular weight excluding hydrogens is 335 g/mol. The largest absolute Gasteiger partial charge is 0.481 e. The van der Waals surface area contributed by atoms with Gasteiger partial charge in [0.05, 0.1) is 22.5 Å². The van der Waals surface area contributed by atoms with E-state index in [1.54, 1.807) is 0 Å². The molecule has 0 saturated carbocycles. The summed E-state index contributed by atoms with van der Waals surface area (Å²) in [6.45, 7) is 0.997. The predicted molar refractivity (Wildman–Crippen MR) is 76.2 cm³/mol. The van der Waals surface area contributed by atoms with Gasteiger partial charge in [0.2, 0.25) is 0 Å². The van der Waals surface area contributed by atoms with Crippen molar-refractivity contribution in [1.29, 1.82) is 0 Å². The first kappa shape index (κ1) is 17.5. The van der Waals surface area contributed by atoms with Gasteiger partial charge in [-0.2, -0.15) is 13.2 Å². The van der Waals surface area contributed by atoms with Crippen LogP contribution in [-0.4, -0.2) is 52.8 Å². The molecule has 23 heavy (non-hydrogen) atoms. The Labute approximate surface area is 134 Å². The third kappa shape index (κ3) is 4.34. The van der Waals surface area contributed by atoms with Gasteiger partial charge in [-0.3, -0.25) is 4.79 Å². The zero-order valence-electron chi connectivity index (χ0n) is 12.3. The summed E-state index contributed by atoms with van der Waals surface area (Å²) in [5.74, 6) is -5.20. The summed E-state index contributed by atoms with van der Waals surface area (Å²) >= 11 is 1.47. The van der Waals surface area contributed by atoms with Crippen molar-refractivity contribution in [3.8, 4) is 0 Å². The van der Waals surface area contributed by atoms with E-state index in [1.165, 1.54) is 11.3 Å². The average Bonchev–Trinajstić information content (AvgIpc) is 3.04. The van der Waals surface area contributed by atoms with E-state index in [4.69, 9.17) is 5.11 Å². The molecule has 0 radical (unpaired) electrons. The van der Waals surface area contributed by atoms with Gasteiger partial charge in [0.15, 0.2) is 0 Å². The number of urea groups is 1. The summed E-state index contributed by atoms with van der Waals surface area (Å²) in [5, 5.41) is 14.1. The van der Waals surface area contributed by atoms with Crippen LogP contribution >= 0.6 is 11.3 Å². The van der Waals surface area contributed by atoms with E-state index in [9.17, 15) is 22.8 Å². The van der Waals surface area contributed by atoms with Crippen LogP contribution in [0.5, 0.6) is 0 Å². The summed E-state index contributed by atoms with van der Waals surface area (Å²) < 4.78 is 38.6. The predicted octanol–water partition coefficient (Wildman–Crippen LogP) is 1.90. The van der Waals surface area contributed by atoms with Gasteiger partial charge in [0.1, 0.15) is 0 Å². The molecule has 2 N–H and O–H groups in total.